The summed E-state index contributed by atoms with van der Waals surface area (Å²) in [6.07, 6.45) is 2.34. The highest BCUT2D eigenvalue weighted by atomic mass is 32.2. The predicted molar refractivity (Wildman–Crippen MR) is 144 cm³/mol. The van der Waals surface area contributed by atoms with Crippen LogP contribution in [0.4, 0.5) is 4.39 Å². The van der Waals surface area contributed by atoms with E-state index in [-0.39, 0.29) is 16.4 Å². The Bertz CT molecular complexity index is 1540. The minimum absolute atomic E-state index is 0.118. The number of rotatable bonds is 4. The second-order valence-electron chi connectivity index (χ2n) is 8.35. The molecule has 0 saturated heterocycles. The van der Waals surface area contributed by atoms with Crippen LogP contribution in [0, 0.1) is 5.82 Å². The minimum atomic E-state index is -0.295. The van der Waals surface area contributed by atoms with Crippen LogP contribution in [-0.2, 0) is 11.4 Å². The molecule has 2 aliphatic heterocycles. The van der Waals surface area contributed by atoms with E-state index in [0.29, 0.717) is 18.6 Å². The van der Waals surface area contributed by atoms with E-state index in [2.05, 4.69) is 26.9 Å². The van der Waals surface area contributed by atoms with Crippen molar-refractivity contribution in [3.63, 3.8) is 0 Å². The molecule has 1 N–H and O–H groups in total. The monoisotopic (exact) mass is 516 g/mol. The highest BCUT2D eigenvalue weighted by molar-refractivity contribution is 8.26. The third-order valence-corrected chi connectivity index (χ3v) is 8.09. The summed E-state index contributed by atoms with van der Waals surface area (Å²) in [6.45, 7) is 2.34. The molecular formula is C27H21FN4O2S2. The lowest BCUT2D eigenvalue weighted by atomic mass is 9.88. The van der Waals surface area contributed by atoms with Gasteiger partial charge in [-0.25, -0.2) is 13.5 Å². The number of halogens is 1. The van der Waals surface area contributed by atoms with Gasteiger partial charge in [-0.05, 0) is 60.0 Å². The Morgan fingerprint density at radius 1 is 1.17 bits per heavy atom. The van der Waals surface area contributed by atoms with Gasteiger partial charge in [-0.3, -0.25) is 4.79 Å². The summed E-state index contributed by atoms with van der Waals surface area (Å²) in [4.78, 5) is 13.5. The molecule has 4 aromatic rings. The van der Waals surface area contributed by atoms with Gasteiger partial charge in [-0.1, -0.05) is 36.9 Å². The average molecular weight is 517 g/mol. The molecule has 3 heterocycles. The summed E-state index contributed by atoms with van der Waals surface area (Å²) in [5.74, 6) is 0.323. The fourth-order valence-corrected chi connectivity index (χ4v) is 6.02. The van der Waals surface area contributed by atoms with Crippen LogP contribution in [0.5, 0.6) is 5.75 Å². The van der Waals surface area contributed by atoms with Crippen molar-refractivity contribution >= 4 is 51.6 Å². The van der Waals surface area contributed by atoms with E-state index >= 15 is 0 Å². The molecule has 3 aromatic carbocycles. The standard InChI is InChI=1S/C27H21FN4O2S2/c1-2-20(26(33)31-27-35-15-30-36-27)25-21-5-3-4-6-24(21)34-14-17-12-23-16(11-22(17)25)13-29-32(23)19-9-7-18(28)8-10-19/h3-13,15,27H,2,14H2,1H3,(H,31,33)/b25-20+. The maximum Gasteiger partial charge on any atom is 0.249 e. The summed E-state index contributed by atoms with van der Waals surface area (Å²) in [5.41, 5.74) is 7.72. The first-order valence-electron chi connectivity index (χ1n) is 11.5. The molecule has 0 radical (unpaired) electrons. The second kappa shape index (κ2) is 9.48. The number of fused-ring (bicyclic) bond motifs is 3. The minimum Gasteiger partial charge on any atom is -0.488 e. The summed E-state index contributed by atoms with van der Waals surface area (Å²) < 4.78 is 25.5. The van der Waals surface area contributed by atoms with Crippen LogP contribution < -0.4 is 10.1 Å². The SMILES string of the molecule is CC/C(C(=O)NC1SC=NS1)=C1\c2cc3cnn(-c4ccc(F)cc4)c3cc2COc2ccccc21. The van der Waals surface area contributed by atoms with E-state index in [1.807, 2.05) is 31.2 Å². The number of benzene rings is 3. The van der Waals surface area contributed by atoms with E-state index in [9.17, 15) is 9.18 Å². The molecule has 2 aliphatic rings. The molecule has 180 valence electrons. The molecule has 6 nitrogen and oxygen atoms in total. The Labute approximate surface area is 215 Å². The lowest BCUT2D eigenvalue weighted by molar-refractivity contribution is -0.117. The molecule has 1 aromatic heterocycles. The van der Waals surface area contributed by atoms with Crippen molar-refractivity contribution in [3.05, 3.63) is 94.9 Å². The van der Waals surface area contributed by atoms with Gasteiger partial charge in [-0.2, -0.15) is 5.10 Å². The zero-order valence-electron chi connectivity index (χ0n) is 19.3. The van der Waals surface area contributed by atoms with Crippen molar-refractivity contribution in [2.45, 2.75) is 24.7 Å². The number of aromatic nitrogens is 2. The van der Waals surface area contributed by atoms with Gasteiger partial charge in [0.25, 0.3) is 0 Å². The molecule has 1 atom stereocenters. The maximum absolute atomic E-state index is 13.5. The number of amides is 1. The van der Waals surface area contributed by atoms with Gasteiger partial charge in [0.2, 0.25) is 5.91 Å². The predicted octanol–water partition coefficient (Wildman–Crippen LogP) is 6.09. The van der Waals surface area contributed by atoms with Crippen molar-refractivity contribution in [2.24, 2.45) is 4.40 Å². The summed E-state index contributed by atoms with van der Waals surface area (Å²) in [5, 5.41) is 8.58. The molecule has 0 spiro atoms. The van der Waals surface area contributed by atoms with E-state index in [0.717, 1.165) is 44.6 Å². The average Bonchev–Trinajstić information content (AvgIpc) is 3.52. The van der Waals surface area contributed by atoms with Gasteiger partial charge in [-0.15, -0.1) is 0 Å². The Morgan fingerprint density at radius 2 is 2.00 bits per heavy atom. The van der Waals surface area contributed by atoms with Crippen molar-refractivity contribution in [1.29, 1.82) is 0 Å². The topological polar surface area (TPSA) is 68.5 Å². The lowest BCUT2D eigenvalue weighted by Gasteiger charge is -2.18. The van der Waals surface area contributed by atoms with Crippen molar-refractivity contribution in [1.82, 2.24) is 15.1 Å². The van der Waals surface area contributed by atoms with Crippen LogP contribution in [0.2, 0.25) is 0 Å². The Kier molecular flexibility index (Phi) is 6.02. The third-order valence-electron chi connectivity index (χ3n) is 6.24. The van der Waals surface area contributed by atoms with Gasteiger partial charge in [0.05, 0.1) is 22.9 Å². The Hall–Kier alpha value is -3.56. The molecule has 1 unspecified atom stereocenters. The summed E-state index contributed by atoms with van der Waals surface area (Å²) >= 11 is 2.82. The zero-order chi connectivity index (χ0) is 24.6. The largest absolute Gasteiger partial charge is 0.488 e. The molecule has 0 fully saturated rings. The Balaban J connectivity index is 1.53. The molecular weight excluding hydrogens is 495 g/mol. The van der Waals surface area contributed by atoms with Crippen LogP contribution >= 0.6 is 23.7 Å². The van der Waals surface area contributed by atoms with E-state index < -0.39 is 0 Å². The molecule has 6 rings (SSSR count). The highest BCUT2D eigenvalue weighted by Gasteiger charge is 2.27. The first-order chi connectivity index (χ1) is 17.6. The number of nitrogens with zero attached hydrogens (tertiary/aromatic N) is 3. The summed E-state index contributed by atoms with van der Waals surface area (Å²) in [7, 11) is 0. The number of hydrogen-bond donors (Lipinski definition) is 1. The number of carbonyl (C=O) groups is 1. The molecule has 0 aliphatic carbocycles. The first kappa shape index (κ1) is 22.9. The van der Waals surface area contributed by atoms with Gasteiger partial charge < -0.3 is 10.1 Å². The van der Waals surface area contributed by atoms with E-state index in [1.54, 1.807) is 28.6 Å². The number of para-hydroxylation sites is 1. The van der Waals surface area contributed by atoms with E-state index in [1.165, 1.54) is 35.8 Å². The van der Waals surface area contributed by atoms with Crippen molar-refractivity contribution in [3.8, 4) is 11.4 Å². The number of ether oxygens (including phenoxy) is 1. The molecule has 36 heavy (non-hydrogen) atoms. The van der Waals surface area contributed by atoms with Gasteiger partial charge in [0, 0.05) is 34.0 Å². The van der Waals surface area contributed by atoms with E-state index in [4.69, 9.17) is 4.74 Å². The fourth-order valence-electron chi connectivity index (χ4n) is 4.57. The molecule has 9 heteroatoms. The smallest absolute Gasteiger partial charge is 0.249 e. The molecule has 0 bridgehead atoms. The van der Waals surface area contributed by atoms with Crippen LogP contribution in [0.25, 0.3) is 22.2 Å². The zero-order valence-corrected chi connectivity index (χ0v) is 20.9. The summed E-state index contributed by atoms with van der Waals surface area (Å²) in [6, 6.07) is 18.2. The van der Waals surface area contributed by atoms with Gasteiger partial charge in [0.15, 0.2) is 0 Å². The number of thioether (sulfide) groups is 1. The maximum atomic E-state index is 13.5. The number of hydrogen-bond acceptors (Lipinski definition) is 6. The lowest BCUT2D eigenvalue weighted by Crippen LogP contribution is -2.30. The van der Waals surface area contributed by atoms with Crippen molar-refractivity contribution < 1.29 is 13.9 Å². The normalized spacial score (nSPS) is 17.8. The third kappa shape index (κ3) is 4.08. The fraction of sp³-hybridized carbons (Fsp3) is 0.148. The van der Waals surface area contributed by atoms with Crippen LogP contribution in [-0.4, -0.2) is 25.9 Å². The van der Waals surface area contributed by atoms with Crippen LogP contribution in [0.15, 0.2) is 76.8 Å². The highest BCUT2D eigenvalue weighted by Crippen LogP contribution is 2.41. The number of nitrogens with one attached hydrogen (secondary N) is 1. The quantitative estimate of drug-likeness (QED) is 0.263. The van der Waals surface area contributed by atoms with Crippen molar-refractivity contribution in [2.75, 3.05) is 0 Å². The second-order valence-corrected chi connectivity index (χ2v) is 10.5. The first-order valence-corrected chi connectivity index (χ1v) is 13.3. The molecule has 1 amide bonds. The van der Waals surface area contributed by atoms with Crippen LogP contribution in [0.1, 0.15) is 30.0 Å². The van der Waals surface area contributed by atoms with Crippen LogP contribution in [0.3, 0.4) is 0 Å². The Morgan fingerprint density at radius 3 is 2.78 bits per heavy atom. The van der Waals surface area contributed by atoms with Gasteiger partial charge >= 0.3 is 0 Å². The van der Waals surface area contributed by atoms with Gasteiger partial charge in [0.1, 0.15) is 22.9 Å². The number of carbonyl (C=O) groups excluding carboxylic acids is 1. The molecule has 0 saturated carbocycles.